The summed E-state index contributed by atoms with van der Waals surface area (Å²) in [7, 11) is 0. The average Bonchev–Trinajstić information content (AvgIpc) is 3.48. The maximum Gasteiger partial charge on any atom is 0.272 e. The third-order valence-corrected chi connectivity index (χ3v) is 6.79. The van der Waals surface area contributed by atoms with Crippen LogP contribution in [0.25, 0.3) is 22.2 Å². The number of anilines is 1. The van der Waals surface area contributed by atoms with Crippen molar-refractivity contribution in [3.63, 3.8) is 0 Å². The number of hydrogen-bond donors (Lipinski definition) is 1. The molecule has 1 aliphatic heterocycles. The number of amides is 1. The summed E-state index contributed by atoms with van der Waals surface area (Å²) in [5.74, 6) is -0.283. The Morgan fingerprint density at radius 2 is 1.62 bits per heavy atom. The molecule has 6 nitrogen and oxygen atoms in total. The summed E-state index contributed by atoms with van der Waals surface area (Å²) in [4.78, 5) is 18.0. The molecule has 2 heterocycles. The van der Waals surface area contributed by atoms with Crippen LogP contribution >= 0.6 is 0 Å². The molecule has 0 fully saturated rings. The van der Waals surface area contributed by atoms with Gasteiger partial charge in [-0.2, -0.15) is 10.2 Å². The predicted molar refractivity (Wildman–Crippen MR) is 158 cm³/mol. The summed E-state index contributed by atoms with van der Waals surface area (Å²) in [6.07, 6.45) is 2.56. The number of aryl methyl sites for hydroxylation is 1. The number of para-hydroxylation sites is 1. The second-order valence-electron chi connectivity index (χ2n) is 9.51. The molecule has 6 rings (SSSR count). The number of hydrogen-bond acceptors (Lipinski definition) is 5. The summed E-state index contributed by atoms with van der Waals surface area (Å²) in [5, 5.41) is 11.8. The lowest BCUT2D eigenvalue weighted by molar-refractivity contribution is 0.0956. The van der Waals surface area contributed by atoms with E-state index in [0.717, 1.165) is 57.7 Å². The van der Waals surface area contributed by atoms with Crippen molar-refractivity contribution in [1.29, 1.82) is 0 Å². The Labute approximate surface area is 227 Å². The normalized spacial score (nSPS) is 13.2. The lowest BCUT2D eigenvalue weighted by Gasteiger charge is -2.13. The van der Waals surface area contributed by atoms with Gasteiger partial charge < -0.3 is 0 Å². The fourth-order valence-corrected chi connectivity index (χ4v) is 4.67. The minimum atomic E-state index is -0.283. The van der Waals surface area contributed by atoms with Gasteiger partial charge in [0.1, 0.15) is 0 Å². The molecule has 1 aromatic heterocycles. The highest BCUT2D eigenvalue weighted by molar-refractivity contribution is 6.07. The Bertz CT molecular complexity index is 1690. The fraction of sp³-hybridized carbons (Fsp3) is 0.0909. The van der Waals surface area contributed by atoms with Gasteiger partial charge in [-0.25, -0.2) is 10.4 Å². The number of aromatic nitrogens is 1. The van der Waals surface area contributed by atoms with Crippen LogP contribution in [-0.4, -0.2) is 29.4 Å². The molecule has 0 spiro atoms. The Morgan fingerprint density at radius 3 is 2.41 bits per heavy atom. The van der Waals surface area contributed by atoms with E-state index in [9.17, 15) is 4.79 Å². The first-order valence-corrected chi connectivity index (χ1v) is 12.9. The van der Waals surface area contributed by atoms with Gasteiger partial charge >= 0.3 is 0 Å². The zero-order valence-electron chi connectivity index (χ0n) is 21.6. The molecule has 4 aromatic carbocycles. The van der Waals surface area contributed by atoms with E-state index in [1.54, 1.807) is 6.21 Å². The molecule has 1 aliphatic rings. The van der Waals surface area contributed by atoms with Crippen LogP contribution in [-0.2, 0) is 0 Å². The number of carbonyl (C=O) groups is 1. The molecule has 1 amide bonds. The smallest absolute Gasteiger partial charge is 0.267 e. The number of fused-ring (bicyclic) bond motifs is 1. The fourth-order valence-electron chi connectivity index (χ4n) is 4.67. The standard InChI is InChI=1S/C33H27N5O/c1-23-11-15-26(16-12-23)32-21-29(28-9-5-6-10-31(28)35-32)33(39)36-34-22-24-13-17-27(18-14-24)38-20-19-30(37-38)25-7-3-2-4-8-25/h2-18,21-22H,19-20H2,1H3,(H,36,39)/b34-22-. The highest BCUT2D eigenvalue weighted by Crippen LogP contribution is 2.25. The Morgan fingerprint density at radius 1 is 0.872 bits per heavy atom. The molecule has 190 valence electrons. The molecule has 0 atom stereocenters. The Hall–Kier alpha value is -5.10. The zero-order chi connectivity index (χ0) is 26.6. The average molecular weight is 510 g/mol. The molecule has 0 radical (unpaired) electrons. The maximum absolute atomic E-state index is 13.2. The molecular formula is C33H27N5O. The Balaban J connectivity index is 1.17. The first-order valence-electron chi connectivity index (χ1n) is 12.9. The second-order valence-corrected chi connectivity index (χ2v) is 9.51. The quantitative estimate of drug-likeness (QED) is 0.207. The highest BCUT2D eigenvalue weighted by Gasteiger charge is 2.17. The van der Waals surface area contributed by atoms with Crippen LogP contribution in [0.5, 0.6) is 0 Å². The van der Waals surface area contributed by atoms with Crippen molar-refractivity contribution in [1.82, 2.24) is 10.4 Å². The minimum absolute atomic E-state index is 0.283. The van der Waals surface area contributed by atoms with E-state index in [1.165, 1.54) is 5.56 Å². The first-order chi connectivity index (χ1) is 19.1. The molecule has 0 saturated heterocycles. The number of hydrazone groups is 2. The van der Waals surface area contributed by atoms with Crippen LogP contribution in [0.3, 0.4) is 0 Å². The van der Waals surface area contributed by atoms with Gasteiger partial charge in [0.05, 0.1) is 34.4 Å². The van der Waals surface area contributed by atoms with E-state index >= 15 is 0 Å². The number of nitrogens with zero attached hydrogens (tertiary/aromatic N) is 4. The Kier molecular flexibility index (Phi) is 6.66. The lowest BCUT2D eigenvalue weighted by Crippen LogP contribution is -2.18. The van der Waals surface area contributed by atoms with Crippen molar-refractivity contribution in [2.75, 3.05) is 11.6 Å². The van der Waals surface area contributed by atoms with E-state index < -0.39 is 0 Å². The maximum atomic E-state index is 13.2. The lowest BCUT2D eigenvalue weighted by atomic mass is 10.0. The molecule has 6 heteroatoms. The van der Waals surface area contributed by atoms with Gasteiger partial charge in [-0.15, -0.1) is 0 Å². The molecule has 0 aliphatic carbocycles. The summed E-state index contributed by atoms with van der Waals surface area (Å²) < 4.78 is 0. The van der Waals surface area contributed by atoms with Crippen molar-refractivity contribution in [2.24, 2.45) is 10.2 Å². The predicted octanol–water partition coefficient (Wildman–Crippen LogP) is 6.59. The largest absolute Gasteiger partial charge is 0.272 e. The molecule has 39 heavy (non-hydrogen) atoms. The summed E-state index contributed by atoms with van der Waals surface area (Å²) in [6.45, 7) is 2.89. The van der Waals surface area contributed by atoms with Crippen LogP contribution in [0.15, 0.2) is 119 Å². The van der Waals surface area contributed by atoms with Crippen LogP contribution in [0, 0.1) is 6.92 Å². The molecule has 0 bridgehead atoms. The zero-order valence-corrected chi connectivity index (χ0v) is 21.6. The number of rotatable bonds is 6. The molecule has 1 N–H and O–H groups in total. The highest BCUT2D eigenvalue weighted by atomic mass is 16.2. The van der Waals surface area contributed by atoms with Gasteiger partial charge in [0.2, 0.25) is 0 Å². The monoisotopic (exact) mass is 509 g/mol. The number of pyridine rings is 1. The van der Waals surface area contributed by atoms with E-state index in [4.69, 9.17) is 10.1 Å². The first kappa shape index (κ1) is 24.2. The minimum Gasteiger partial charge on any atom is -0.267 e. The van der Waals surface area contributed by atoms with E-state index in [1.807, 2.05) is 109 Å². The molecule has 0 saturated carbocycles. The number of nitrogens with one attached hydrogen (secondary N) is 1. The van der Waals surface area contributed by atoms with Crippen molar-refractivity contribution < 1.29 is 4.79 Å². The second kappa shape index (κ2) is 10.7. The summed E-state index contributed by atoms with van der Waals surface area (Å²) in [6, 6.07) is 35.9. The third kappa shape index (κ3) is 5.31. The SMILES string of the molecule is Cc1ccc(-c2cc(C(=O)N/N=C\c3ccc(N4CCC(c5ccccc5)=N4)cc3)c3ccccc3n2)cc1. The summed E-state index contributed by atoms with van der Waals surface area (Å²) in [5.41, 5.74) is 11.0. The van der Waals surface area contributed by atoms with Crippen LogP contribution in [0.1, 0.15) is 33.5 Å². The molecule has 5 aromatic rings. The van der Waals surface area contributed by atoms with E-state index in [-0.39, 0.29) is 5.91 Å². The number of carbonyl (C=O) groups excluding carboxylic acids is 1. The van der Waals surface area contributed by atoms with Gasteiger partial charge in [0.25, 0.3) is 5.91 Å². The van der Waals surface area contributed by atoms with Crippen molar-refractivity contribution in [3.05, 3.63) is 131 Å². The van der Waals surface area contributed by atoms with Gasteiger partial charge in [-0.05, 0) is 42.3 Å². The van der Waals surface area contributed by atoms with E-state index in [2.05, 4.69) is 22.7 Å². The topological polar surface area (TPSA) is 70.0 Å². The molecule has 0 unspecified atom stereocenters. The van der Waals surface area contributed by atoms with E-state index in [0.29, 0.717) is 5.56 Å². The summed E-state index contributed by atoms with van der Waals surface area (Å²) >= 11 is 0. The van der Waals surface area contributed by atoms with Crippen LogP contribution in [0.4, 0.5) is 5.69 Å². The van der Waals surface area contributed by atoms with Crippen molar-refractivity contribution >= 4 is 34.4 Å². The third-order valence-electron chi connectivity index (χ3n) is 6.79. The van der Waals surface area contributed by atoms with Crippen LogP contribution in [0.2, 0.25) is 0 Å². The molecular weight excluding hydrogens is 482 g/mol. The van der Waals surface area contributed by atoms with Gasteiger partial charge in [0, 0.05) is 23.9 Å². The van der Waals surface area contributed by atoms with Crippen molar-refractivity contribution in [2.45, 2.75) is 13.3 Å². The van der Waals surface area contributed by atoms with Crippen LogP contribution < -0.4 is 10.4 Å². The number of benzene rings is 4. The van der Waals surface area contributed by atoms with Gasteiger partial charge in [-0.3, -0.25) is 9.80 Å². The van der Waals surface area contributed by atoms with Crippen molar-refractivity contribution in [3.8, 4) is 11.3 Å². The van der Waals surface area contributed by atoms with Gasteiger partial charge in [-0.1, -0.05) is 90.5 Å². The van der Waals surface area contributed by atoms with Gasteiger partial charge in [0.15, 0.2) is 0 Å².